The Kier molecular flexibility index (Phi) is 2.56. The fraction of sp³-hybridized carbons (Fsp3) is 0.500. The van der Waals surface area contributed by atoms with Gasteiger partial charge in [-0.15, -0.1) is 11.3 Å². The molecule has 0 saturated heterocycles. The Morgan fingerprint density at radius 3 is 2.90 bits per heavy atom. The lowest BCUT2D eigenvalue weighted by Crippen LogP contribution is -1.92. The molecule has 10 heavy (non-hydrogen) atoms. The van der Waals surface area contributed by atoms with E-state index in [0.717, 1.165) is 10.0 Å². The van der Waals surface area contributed by atoms with Crippen LogP contribution < -0.4 is 0 Å². The quantitative estimate of drug-likeness (QED) is 0.683. The van der Waals surface area contributed by atoms with E-state index in [9.17, 15) is 4.21 Å². The zero-order valence-electron chi connectivity index (χ0n) is 5.96. The second-order valence-corrected chi connectivity index (χ2v) is 4.66. The van der Waals surface area contributed by atoms with Crippen LogP contribution in [0.2, 0.25) is 0 Å². The standard InChI is InChI=1S/C6H9NOS2/c1-3-10(8)6-7-5(2)4-9-6/h4H,3H2,1-2H3. The van der Waals surface area contributed by atoms with Crippen molar-refractivity contribution in [3.63, 3.8) is 0 Å². The van der Waals surface area contributed by atoms with Crippen LogP contribution in [0, 0.1) is 6.92 Å². The van der Waals surface area contributed by atoms with Gasteiger partial charge in [0, 0.05) is 16.8 Å². The second kappa shape index (κ2) is 3.25. The first-order valence-corrected chi connectivity index (χ1v) is 5.24. The van der Waals surface area contributed by atoms with Crippen LogP contribution in [0.1, 0.15) is 12.6 Å². The molecule has 0 N–H and O–H groups in total. The Morgan fingerprint density at radius 2 is 2.50 bits per heavy atom. The fourth-order valence-corrected chi connectivity index (χ4v) is 2.50. The molecule has 0 amide bonds. The van der Waals surface area contributed by atoms with E-state index in [1.807, 2.05) is 19.2 Å². The molecule has 4 heteroatoms. The molecule has 56 valence electrons. The van der Waals surface area contributed by atoms with Gasteiger partial charge in [-0.1, -0.05) is 6.92 Å². The molecule has 1 heterocycles. The number of aromatic nitrogens is 1. The third kappa shape index (κ3) is 1.64. The van der Waals surface area contributed by atoms with E-state index in [0.29, 0.717) is 5.75 Å². The van der Waals surface area contributed by atoms with Gasteiger partial charge in [-0.05, 0) is 6.92 Å². The van der Waals surface area contributed by atoms with Crippen LogP contribution in [0.15, 0.2) is 9.72 Å². The summed E-state index contributed by atoms with van der Waals surface area (Å²) in [6.45, 7) is 3.81. The molecule has 0 aliphatic heterocycles. The molecule has 1 unspecified atom stereocenters. The van der Waals surface area contributed by atoms with E-state index in [2.05, 4.69) is 4.98 Å². The van der Waals surface area contributed by atoms with E-state index >= 15 is 0 Å². The first-order chi connectivity index (χ1) is 4.74. The highest BCUT2D eigenvalue weighted by atomic mass is 32.2. The summed E-state index contributed by atoms with van der Waals surface area (Å²) in [7, 11) is -0.862. The predicted molar refractivity (Wildman–Crippen MR) is 43.8 cm³/mol. The average molecular weight is 175 g/mol. The molecule has 1 atom stereocenters. The van der Waals surface area contributed by atoms with Gasteiger partial charge in [-0.25, -0.2) is 4.98 Å². The Bertz CT molecular complexity index is 244. The van der Waals surface area contributed by atoms with Gasteiger partial charge >= 0.3 is 0 Å². The molecule has 0 radical (unpaired) electrons. The van der Waals surface area contributed by atoms with Crippen molar-refractivity contribution in [3.8, 4) is 0 Å². The lowest BCUT2D eigenvalue weighted by Gasteiger charge is -1.87. The number of thiazole rings is 1. The Hall–Kier alpha value is -0.220. The number of rotatable bonds is 2. The number of aryl methyl sites for hydroxylation is 1. The predicted octanol–water partition coefficient (Wildman–Crippen LogP) is 1.58. The topological polar surface area (TPSA) is 30.0 Å². The Balaban J connectivity index is 2.85. The van der Waals surface area contributed by atoms with Gasteiger partial charge in [0.1, 0.15) is 0 Å². The zero-order chi connectivity index (χ0) is 7.56. The zero-order valence-corrected chi connectivity index (χ0v) is 7.59. The minimum absolute atomic E-state index is 0.660. The lowest BCUT2D eigenvalue weighted by molar-refractivity contribution is 0.683. The van der Waals surface area contributed by atoms with Crippen molar-refractivity contribution in [2.75, 3.05) is 5.75 Å². The van der Waals surface area contributed by atoms with Crippen molar-refractivity contribution in [2.24, 2.45) is 0 Å². The van der Waals surface area contributed by atoms with E-state index in [1.54, 1.807) is 0 Å². The smallest absolute Gasteiger partial charge is 0.180 e. The summed E-state index contributed by atoms with van der Waals surface area (Å²) >= 11 is 1.47. The maximum atomic E-state index is 11.1. The normalized spacial score (nSPS) is 13.4. The van der Waals surface area contributed by atoms with Gasteiger partial charge in [-0.3, -0.25) is 4.21 Å². The number of hydrogen-bond acceptors (Lipinski definition) is 3. The first-order valence-electron chi connectivity index (χ1n) is 3.04. The molecule has 1 rings (SSSR count). The molecule has 1 aromatic heterocycles. The third-order valence-corrected chi connectivity index (χ3v) is 3.66. The SMILES string of the molecule is CCS(=O)c1nc(C)cs1. The van der Waals surface area contributed by atoms with Crippen molar-refractivity contribution in [1.82, 2.24) is 4.98 Å². The van der Waals surface area contributed by atoms with Gasteiger partial charge in [0.25, 0.3) is 0 Å². The average Bonchev–Trinajstić information content (AvgIpc) is 2.34. The fourth-order valence-electron chi connectivity index (χ4n) is 0.560. The van der Waals surface area contributed by atoms with Crippen molar-refractivity contribution < 1.29 is 4.21 Å². The highest BCUT2D eigenvalue weighted by Crippen LogP contribution is 2.12. The summed E-state index contributed by atoms with van der Waals surface area (Å²) < 4.78 is 11.8. The van der Waals surface area contributed by atoms with E-state index in [4.69, 9.17) is 0 Å². The number of nitrogens with zero attached hydrogens (tertiary/aromatic N) is 1. The maximum Gasteiger partial charge on any atom is 0.180 e. The molecule has 1 aromatic rings. The molecule has 0 spiro atoms. The first kappa shape index (κ1) is 7.88. The molecule has 0 fully saturated rings. The summed E-state index contributed by atoms with van der Waals surface area (Å²) in [5.74, 6) is 0.660. The van der Waals surface area contributed by atoms with Crippen LogP contribution in [0.3, 0.4) is 0 Å². The third-order valence-electron chi connectivity index (χ3n) is 1.05. The van der Waals surface area contributed by atoms with Gasteiger partial charge < -0.3 is 0 Å². The monoisotopic (exact) mass is 175 g/mol. The summed E-state index contributed by atoms with van der Waals surface area (Å²) in [6.07, 6.45) is 0. The summed E-state index contributed by atoms with van der Waals surface area (Å²) in [6, 6.07) is 0. The van der Waals surface area contributed by atoms with Gasteiger partial charge in [0.05, 0.1) is 10.8 Å². The second-order valence-electron chi connectivity index (χ2n) is 1.89. The highest BCUT2D eigenvalue weighted by Gasteiger charge is 2.03. The minimum Gasteiger partial charge on any atom is -0.252 e. The molecule has 0 bridgehead atoms. The Labute approximate surface area is 66.8 Å². The van der Waals surface area contributed by atoms with Crippen molar-refractivity contribution in [2.45, 2.75) is 18.2 Å². The summed E-state index contributed by atoms with van der Waals surface area (Å²) in [5, 5.41) is 1.92. The van der Waals surface area contributed by atoms with Crippen LogP contribution in [-0.2, 0) is 10.8 Å². The van der Waals surface area contributed by atoms with Crippen LogP contribution in [0.4, 0.5) is 0 Å². The molecule has 0 aliphatic carbocycles. The summed E-state index contributed by atoms with van der Waals surface area (Å²) in [4.78, 5) is 4.10. The van der Waals surface area contributed by atoms with Crippen LogP contribution in [0.5, 0.6) is 0 Å². The minimum atomic E-state index is -0.862. The van der Waals surface area contributed by atoms with Gasteiger partial charge in [-0.2, -0.15) is 0 Å². The van der Waals surface area contributed by atoms with E-state index in [-0.39, 0.29) is 0 Å². The van der Waals surface area contributed by atoms with Crippen LogP contribution >= 0.6 is 11.3 Å². The van der Waals surface area contributed by atoms with Crippen LogP contribution in [-0.4, -0.2) is 14.9 Å². The van der Waals surface area contributed by atoms with E-state index in [1.165, 1.54) is 11.3 Å². The highest BCUT2D eigenvalue weighted by molar-refractivity contribution is 7.87. The van der Waals surface area contributed by atoms with Gasteiger partial charge in [0.2, 0.25) is 0 Å². The number of hydrogen-bond donors (Lipinski definition) is 0. The molecule has 0 aliphatic rings. The van der Waals surface area contributed by atoms with Crippen molar-refractivity contribution >= 4 is 22.1 Å². The molecular formula is C6H9NOS2. The molecule has 0 saturated carbocycles. The van der Waals surface area contributed by atoms with Crippen LogP contribution in [0.25, 0.3) is 0 Å². The van der Waals surface area contributed by atoms with Gasteiger partial charge in [0.15, 0.2) is 4.34 Å². The summed E-state index contributed by atoms with van der Waals surface area (Å²) in [5.41, 5.74) is 0.960. The molecular weight excluding hydrogens is 166 g/mol. The molecule has 2 nitrogen and oxygen atoms in total. The lowest BCUT2D eigenvalue weighted by atomic mass is 10.6. The van der Waals surface area contributed by atoms with Crippen molar-refractivity contribution in [3.05, 3.63) is 11.1 Å². The maximum absolute atomic E-state index is 11.1. The van der Waals surface area contributed by atoms with E-state index < -0.39 is 10.8 Å². The Morgan fingerprint density at radius 1 is 1.80 bits per heavy atom. The largest absolute Gasteiger partial charge is 0.252 e. The van der Waals surface area contributed by atoms with Crippen molar-refractivity contribution in [1.29, 1.82) is 0 Å². The molecule has 0 aromatic carbocycles.